The molecule has 0 heterocycles. The maximum absolute atomic E-state index is 11.2. The van der Waals surface area contributed by atoms with E-state index in [0.29, 0.717) is 12.1 Å². The number of carbonyl (C=O) groups excluding carboxylic acids is 2. The number of carbonyl (C=O) groups is 2. The largest absolute Gasteiger partial charge is 0.390 e. The SMILES string of the molecule is CNC(=O)Cc1ccc(C(O)C(O)CCNC(C)=O)cc1. The second-order valence-electron chi connectivity index (χ2n) is 4.88. The predicted octanol–water partition coefficient (Wildman–Crippen LogP) is -0.104. The number of aliphatic hydroxyl groups is 2. The molecule has 0 saturated heterocycles. The fourth-order valence-electron chi connectivity index (χ4n) is 1.88. The molecule has 1 rings (SSSR count). The lowest BCUT2D eigenvalue weighted by Crippen LogP contribution is -2.27. The molecule has 1 aromatic carbocycles. The molecule has 2 amide bonds. The predicted molar refractivity (Wildman–Crippen MR) is 78.5 cm³/mol. The number of amides is 2. The van der Waals surface area contributed by atoms with Gasteiger partial charge < -0.3 is 20.8 Å². The van der Waals surface area contributed by atoms with Crippen LogP contribution in [0.25, 0.3) is 0 Å². The Hall–Kier alpha value is -1.92. The summed E-state index contributed by atoms with van der Waals surface area (Å²) in [6.45, 7) is 1.70. The second kappa shape index (κ2) is 8.39. The van der Waals surface area contributed by atoms with Crippen molar-refractivity contribution in [2.45, 2.75) is 32.0 Å². The van der Waals surface area contributed by atoms with Crippen LogP contribution in [0.3, 0.4) is 0 Å². The zero-order chi connectivity index (χ0) is 15.8. The zero-order valence-corrected chi connectivity index (χ0v) is 12.3. The molecule has 2 atom stereocenters. The number of benzene rings is 1. The first-order chi connectivity index (χ1) is 9.93. The van der Waals surface area contributed by atoms with Crippen molar-refractivity contribution in [2.75, 3.05) is 13.6 Å². The summed E-state index contributed by atoms with van der Waals surface area (Å²) in [5, 5.41) is 25.0. The Morgan fingerprint density at radius 1 is 1.19 bits per heavy atom. The number of rotatable bonds is 7. The maximum Gasteiger partial charge on any atom is 0.224 e. The van der Waals surface area contributed by atoms with E-state index in [2.05, 4.69) is 10.6 Å². The topological polar surface area (TPSA) is 98.7 Å². The standard InChI is InChI=1S/C15H22N2O4/c1-10(18)17-8-7-13(19)15(21)12-5-3-11(4-6-12)9-14(20)16-2/h3-6,13,15,19,21H,7-9H2,1-2H3,(H,16,20)(H,17,18). The Morgan fingerprint density at radius 2 is 1.81 bits per heavy atom. The smallest absolute Gasteiger partial charge is 0.224 e. The summed E-state index contributed by atoms with van der Waals surface area (Å²) in [5.41, 5.74) is 1.41. The first kappa shape index (κ1) is 17.1. The fraction of sp³-hybridized carbons (Fsp3) is 0.467. The van der Waals surface area contributed by atoms with Crippen molar-refractivity contribution in [2.24, 2.45) is 0 Å². The number of hydrogen-bond donors (Lipinski definition) is 4. The van der Waals surface area contributed by atoms with Crippen LogP contribution in [0.2, 0.25) is 0 Å². The van der Waals surface area contributed by atoms with Gasteiger partial charge in [0.1, 0.15) is 6.10 Å². The van der Waals surface area contributed by atoms with Gasteiger partial charge in [0.25, 0.3) is 0 Å². The van der Waals surface area contributed by atoms with E-state index in [1.54, 1.807) is 31.3 Å². The molecule has 6 nitrogen and oxygen atoms in total. The van der Waals surface area contributed by atoms with Gasteiger partial charge in [0.2, 0.25) is 11.8 Å². The molecule has 6 heteroatoms. The molecule has 1 aromatic rings. The Kier molecular flexibility index (Phi) is 6.84. The van der Waals surface area contributed by atoms with Gasteiger partial charge in [-0.1, -0.05) is 24.3 Å². The van der Waals surface area contributed by atoms with E-state index >= 15 is 0 Å². The van der Waals surface area contributed by atoms with E-state index in [4.69, 9.17) is 0 Å². The van der Waals surface area contributed by atoms with Crippen molar-refractivity contribution in [1.29, 1.82) is 0 Å². The first-order valence-electron chi connectivity index (χ1n) is 6.84. The van der Waals surface area contributed by atoms with Crippen LogP contribution in [0.1, 0.15) is 30.6 Å². The van der Waals surface area contributed by atoms with Crippen molar-refractivity contribution in [3.05, 3.63) is 35.4 Å². The molecule has 0 radical (unpaired) electrons. The average Bonchev–Trinajstić information content (AvgIpc) is 2.46. The van der Waals surface area contributed by atoms with Gasteiger partial charge in [0.15, 0.2) is 0 Å². The molecule has 116 valence electrons. The molecule has 0 aliphatic rings. The molecule has 0 aromatic heterocycles. The number of aliphatic hydroxyl groups excluding tert-OH is 2. The Morgan fingerprint density at radius 3 is 2.33 bits per heavy atom. The summed E-state index contributed by atoms with van der Waals surface area (Å²) in [6, 6.07) is 6.86. The monoisotopic (exact) mass is 294 g/mol. The van der Waals surface area contributed by atoms with Crippen molar-refractivity contribution in [3.63, 3.8) is 0 Å². The highest BCUT2D eigenvalue weighted by Gasteiger charge is 2.18. The Bertz CT molecular complexity index is 473. The van der Waals surface area contributed by atoms with Crippen LogP contribution >= 0.6 is 0 Å². The summed E-state index contributed by atoms with van der Waals surface area (Å²) in [6.07, 6.45) is -1.44. The molecule has 0 aliphatic heterocycles. The van der Waals surface area contributed by atoms with Gasteiger partial charge in [-0.15, -0.1) is 0 Å². The lowest BCUT2D eigenvalue weighted by molar-refractivity contribution is -0.120. The molecule has 0 saturated carbocycles. The lowest BCUT2D eigenvalue weighted by Gasteiger charge is -2.18. The van der Waals surface area contributed by atoms with E-state index in [1.807, 2.05) is 0 Å². The molecule has 21 heavy (non-hydrogen) atoms. The van der Waals surface area contributed by atoms with Crippen LogP contribution in [-0.4, -0.2) is 41.7 Å². The normalized spacial score (nSPS) is 13.3. The van der Waals surface area contributed by atoms with Crippen LogP contribution in [0.5, 0.6) is 0 Å². The van der Waals surface area contributed by atoms with E-state index in [0.717, 1.165) is 5.56 Å². The molecule has 2 unspecified atom stereocenters. The fourth-order valence-corrected chi connectivity index (χ4v) is 1.88. The molecule has 0 spiro atoms. The van der Waals surface area contributed by atoms with Crippen molar-refractivity contribution in [3.8, 4) is 0 Å². The summed E-state index contributed by atoms with van der Waals surface area (Å²) < 4.78 is 0. The van der Waals surface area contributed by atoms with Crippen molar-refractivity contribution >= 4 is 11.8 Å². The number of nitrogens with one attached hydrogen (secondary N) is 2. The highest BCUT2D eigenvalue weighted by atomic mass is 16.3. The maximum atomic E-state index is 11.2. The number of hydrogen-bond acceptors (Lipinski definition) is 4. The molecule has 0 bridgehead atoms. The van der Waals surface area contributed by atoms with Crippen LogP contribution in [-0.2, 0) is 16.0 Å². The quantitative estimate of drug-likeness (QED) is 0.564. The highest BCUT2D eigenvalue weighted by Crippen LogP contribution is 2.19. The van der Waals surface area contributed by atoms with Gasteiger partial charge in [-0.05, 0) is 17.5 Å². The molecule has 4 N–H and O–H groups in total. The minimum atomic E-state index is -1.02. The zero-order valence-electron chi connectivity index (χ0n) is 12.3. The lowest BCUT2D eigenvalue weighted by atomic mass is 10.00. The number of likely N-dealkylation sites (N-methyl/N-ethyl adjacent to an activating group) is 1. The van der Waals surface area contributed by atoms with E-state index in [-0.39, 0.29) is 24.7 Å². The first-order valence-corrected chi connectivity index (χ1v) is 6.84. The molecular weight excluding hydrogens is 272 g/mol. The Balaban J connectivity index is 2.55. The second-order valence-corrected chi connectivity index (χ2v) is 4.88. The average molecular weight is 294 g/mol. The van der Waals surface area contributed by atoms with Crippen molar-refractivity contribution in [1.82, 2.24) is 10.6 Å². The highest BCUT2D eigenvalue weighted by molar-refractivity contribution is 5.78. The van der Waals surface area contributed by atoms with Gasteiger partial charge in [0.05, 0.1) is 12.5 Å². The molecular formula is C15H22N2O4. The van der Waals surface area contributed by atoms with Gasteiger partial charge in [-0.25, -0.2) is 0 Å². The van der Waals surface area contributed by atoms with Crippen LogP contribution in [0.4, 0.5) is 0 Å². The minimum absolute atomic E-state index is 0.0846. The Labute approximate surface area is 124 Å². The summed E-state index contributed by atoms with van der Waals surface area (Å²) in [4.78, 5) is 22.0. The van der Waals surface area contributed by atoms with Gasteiger partial charge >= 0.3 is 0 Å². The van der Waals surface area contributed by atoms with Gasteiger partial charge in [0, 0.05) is 20.5 Å². The van der Waals surface area contributed by atoms with E-state index in [1.165, 1.54) is 6.92 Å². The summed E-state index contributed by atoms with van der Waals surface area (Å²) in [5.74, 6) is -0.256. The third-order valence-electron chi connectivity index (χ3n) is 3.14. The van der Waals surface area contributed by atoms with Crippen LogP contribution in [0.15, 0.2) is 24.3 Å². The minimum Gasteiger partial charge on any atom is -0.390 e. The third kappa shape index (κ3) is 5.93. The summed E-state index contributed by atoms with van der Waals surface area (Å²) in [7, 11) is 1.58. The van der Waals surface area contributed by atoms with Gasteiger partial charge in [-0.3, -0.25) is 9.59 Å². The molecule has 0 fully saturated rings. The van der Waals surface area contributed by atoms with E-state index < -0.39 is 12.2 Å². The van der Waals surface area contributed by atoms with Crippen molar-refractivity contribution < 1.29 is 19.8 Å². The van der Waals surface area contributed by atoms with E-state index in [9.17, 15) is 19.8 Å². The molecule has 0 aliphatic carbocycles. The van der Waals surface area contributed by atoms with Crippen LogP contribution < -0.4 is 10.6 Å². The van der Waals surface area contributed by atoms with Crippen LogP contribution in [0, 0.1) is 0 Å². The van der Waals surface area contributed by atoms with Gasteiger partial charge in [-0.2, -0.15) is 0 Å². The summed E-state index contributed by atoms with van der Waals surface area (Å²) >= 11 is 0. The third-order valence-corrected chi connectivity index (χ3v) is 3.14.